The number of carboxylic acids is 5. The zero-order valence-corrected chi connectivity index (χ0v) is 28.8. The number of hydrazine groups is 1. The molecule has 0 aliphatic carbocycles. The van der Waals surface area contributed by atoms with Crippen molar-refractivity contribution in [2.45, 2.75) is 19.3 Å². The van der Waals surface area contributed by atoms with Gasteiger partial charge < -0.3 is 30.4 Å². The molecule has 0 spiro atoms. The second kappa shape index (κ2) is 23.1. The monoisotopic (exact) mass is 840 g/mol. The summed E-state index contributed by atoms with van der Waals surface area (Å²) in [7, 11) is -4.14. The van der Waals surface area contributed by atoms with Crippen LogP contribution < -0.4 is 10.9 Å². The van der Waals surface area contributed by atoms with Gasteiger partial charge in [0.1, 0.15) is 0 Å². The van der Waals surface area contributed by atoms with Crippen LogP contribution in [0.5, 0.6) is 0 Å². The molecule has 22 heteroatoms. The number of nitrogens with one attached hydrogen (secondary N) is 2. The average molecular weight is 840 g/mol. The first-order chi connectivity index (χ1) is 21.5. The summed E-state index contributed by atoms with van der Waals surface area (Å²) >= 11 is 0. The van der Waals surface area contributed by atoms with Crippen LogP contribution in [0.15, 0.2) is 0 Å². The third-order valence-corrected chi connectivity index (χ3v) is 8.90. The van der Waals surface area contributed by atoms with Crippen LogP contribution >= 0.6 is 7.37 Å². The number of carboxylic acid groups (broad SMARTS) is 5. The molecule has 2 amide bonds. The van der Waals surface area contributed by atoms with Gasteiger partial charge in [0.25, 0.3) is 5.91 Å². The molecule has 1 saturated heterocycles. The summed E-state index contributed by atoms with van der Waals surface area (Å²) < 4.78 is 12.5. The molecule has 0 aromatic heterocycles. The van der Waals surface area contributed by atoms with E-state index in [1.54, 1.807) is 19.6 Å². The molecule has 8 N–H and O–H groups in total. The minimum atomic E-state index is -4.14. The van der Waals surface area contributed by atoms with Gasteiger partial charge >= 0.3 is 29.8 Å². The number of hydrogen-bond acceptors (Lipinski definition) is 12. The Kier molecular flexibility index (Phi) is 21.9. The molecule has 1 rings (SSSR count). The minimum absolute atomic E-state index is 0. The zero-order chi connectivity index (χ0) is 34.9. The van der Waals surface area contributed by atoms with Gasteiger partial charge in [0.05, 0.1) is 32.1 Å². The molecule has 2 atom stereocenters. The van der Waals surface area contributed by atoms with Crippen LogP contribution in [-0.2, 0) is 38.1 Å². The molecule has 1 fully saturated rings. The maximum Gasteiger partial charge on any atom is 0.317 e. The van der Waals surface area contributed by atoms with E-state index < -0.39 is 80.1 Å². The van der Waals surface area contributed by atoms with Crippen molar-refractivity contribution in [3.8, 4) is 0 Å². The Bertz CT molecular complexity index is 1120. The molecule has 0 saturated carbocycles. The Labute approximate surface area is 302 Å². The topological polar surface area (TPSA) is 295 Å². The van der Waals surface area contributed by atoms with E-state index in [1.807, 2.05) is 0 Å². The van der Waals surface area contributed by atoms with Crippen molar-refractivity contribution in [3.05, 3.63) is 0 Å². The molecular formula is C25H43GdN6O14P. The van der Waals surface area contributed by atoms with Gasteiger partial charge in [-0.15, -0.1) is 0 Å². The van der Waals surface area contributed by atoms with Gasteiger partial charge in [-0.25, -0.2) is 0 Å². The van der Waals surface area contributed by atoms with Gasteiger partial charge in [0.15, 0.2) is 0 Å². The number of rotatable bonds is 17. The molecule has 0 radical (unpaired) electrons. The number of carbonyl (C=O) groups is 7. The first-order valence-electron chi connectivity index (χ1n) is 14.3. The first kappa shape index (κ1) is 44.6. The van der Waals surface area contributed by atoms with Crippen molar-refractivity contribution >= 4 is 49.0 Å². The largest absolute Gasteiger partial charge is 0.481 e. The molecule has 270 valence electrons. The van der Waals surface area contributed by atoms with Crippen LogP contribution in [0.4, 0.5) is 0 Å². The van der Waals surface area contributed by atoms with E-state index in [2.05, 4.69) is 10.9 Å². The van der Waals surface area contributed by atoms with Crippen molar-refractivity contribution in [1.82, 2.24) is 30.5 Å². The molecule has 2 unspecified atom stereocenters. The summed E-state index contributed by atoms with van der Waals surface area (Å²) in [6.07, 6.45) is -2.75. The number of nitrogens with zero attached hydrogens (tertiary/aromatic N) is 4. The van der Waals surface area contributed by atoms with E-state index in [0.29, 0.717) is 0 Å². The summed E-state index contributed by atoms with van der Waals surface area (Å²) in [5.74, 6) is -8.94. The molecule has 1 aliphatic heterocycles. The van der Waals surface area contributed by atoms with E-state index in [1.165, 1.54) is 0 Å². The third kappa shape index (κ3) is 22.0. The number of hydrogen-bond donors (Lipinski definition) is 8. The summed E-state index contributed by atoms with van der Waals surface area (Å²) in [5.41, 5.74) is 4.26. The number of amides is 2. The van der Waals surface area contributed by atoms with Crippen LogP contribution in [0.2, 0.25) is 0 Å². The maximum atomic E-state index is 12.6. The van der Waals surface area contributed by atoms with Gasteiger partial charge in [0, 0.05) is 117 Å². The third-order valence-electron chi connectivity index (χ3n) is 6.96. The molecule has 1 aliphatic rings. The molecule has 47 heavy (non-hydrogen) atoms. The van der Waals surface area contributed by atoms with Crippen molar-refractivity contribution in [2.24, 2.45) is 5.92 Å². The number of aliphatic carboxylic acids is 5. The first-order valence-corrected chi connectivity index (χ1v) is 16.4. The fraction of sp³-hybridized carbons (Fsp3) is 0.720. The second-order valence-electron chi connectivity index (χ2n) is 10.9. The SMILES string of the molecule is O=C(O)CCC(CP(=O)(O)CCC(=O)NNC(=O)CN1CCN(CC(=O)O)CCN(CC(=O)O)CCN(CC(=O)O)CC1)C(=O)O.[Gd]. The van der Waals surface area contributed by atoms with Gasteiger partial charge in [-0.05, 0) is 6.42 Å². The molecule has 0 aromatic carbocycles. The molecule has 20 nitrogen and oxygen atoms in total. The Morgan fingerprint density at radius 1 is 0.574 bits per heavy atom. The van der Waals surface area contributed by atoms with Crippen LogP contribution in [0.3, 0.4) is 0 Å². The summed E-state index contributed by atoms with van der Waals surface area (Å²) in [5, 5.41) is 45.8. The van der Waals surface area contributed by atoms with Crippen molar-refractivity contribution in [2.75, 3.05) is 90.9 Å². The summed E-state index contributed by atoms with van der Waals surface area (Å²) in [6, 6.07) is 0. The van der Waals surface area contributed by atoms with Crippen molar-refractivity contribution in [3.63, 3.8) is 0 Å². The van der Waals surface area contributed by atoms with E-state index in [-0.39, 0.29) is 125 Å². The Morgan fingerprint density at radius 3 is 1.28 bits per heavy atom. The van der Waals surface area contributed by atoms with E-state index in [9.17, 15) is 63.4 Å². The van der Waals surface area contributed by atoms with Crippen LogP contribution in [0, 0.1) is 45.9 Å². The van der Waals surface area contributed by atoms with Gasteiger partial charge in [-0.1, -0.05) is 0 Å². The number of carbonyl (C=O) groups excluding carboxylic acids is 2. The summed E-state index contributed by atoms with van der Waals surface area (Å²) in [4.78, 5) is 97.5. The van der Waals surface area contributed by atoms with E-state index >= 15 is 0 Å². The van der Waals surface area contributed by atoms with E-state index in [4.69, 9.17) is 5.11 Å². The second-order valence-corrected chi connectivity index (χ2v) is 13.4. The smallest absolute Gasteiger partial charge is 0.317 e. The standard InChI is InChI=1S/C25H43N6O14P.Gd/c32-19(3-12-46(44,45)17-18(25(42)43)1-2-21(34)35)26-27-20(33)13-28-4-6-29(14-22(36)37)8-10-31(16-24(40)41)11-9-30(7-5-28)15-23(38)39;/h18H,1-17H2,(H,26,32)(H,27,33)(H,34,35)(H,36,37)(H,38,39)(H,40,41)(H,42,43)(H,44,45);. The fourth-order valence-corrected chi connectivity index (χ4v) is 6.29. The van der Waals surface area contributed by atoms with E-state index in [0.717, 1.165) is 0 Å². The molecule has 1 heterocycles. The van der Waals surface area contributed by atoms with Crippen LogP contribution in [0.25, 0.3) is 0 Å². The average Bonchev–Trinajstić information content (AvgIpc) is 2.93. The summed E-state index contributed by atoms with van der Waals surface area (Å²) in [6.45, 7) is 0.146. The Hall–Kier alpha value is -2.36. The predicted octanol–water partition coefficient (Wildman–Crippen LogP) is -3.16. The molecular weight excluding hydrogens is 797 g/mol. The maximum absolute atomic E-state index is 12.6. The van der Waals surface area contributed by atoms with Gasteiger partial charge in [-0.3, -0.25) is 68.6 Å². The Morgan fingerprint density at radius 2 is 0.936 bits per heavy atom. The van der Waals surface area contributed by atoms with Crippen molar-refractivity contribution < 1.29 is 108 Å². The normalized spacial score (nSPS) is 17.8. The van der Waals surface area contributed by atoms with Gasteiger partial charge in [0.2, 0.25) is 13.3 Å². The molecule has 0 aromatic rings. The molecule has 0 bridgehead atoms. The predicted molar refractivity (Wildman–Crippen MR) is 157 cm³/mol. The fourth-order valence-electron chi connectivity index (χ4n) is 4.53. The van der Waals surface area contributed by atoms with Crippen LogP contribution in [0.1, 0.15) is 19.3 Å². The Balaban J connectivity index is 0.0000212. The van der Waals surface area contributed by atoms with Crippen LogP contribution in [-0.4, -0.2) is 183 Å². The minimum Gasteiger partial charge on any atom is -0.481 e. The van der Waals surface area contributed by atoms with Crippen molar-refractivity contribution in [1.29, 1.82) is 0 Å². The van der Waals surface area contributed by atoms with Gasteiger partial charge in [-0.2, -0.15) is 0 Å². The zero-order valence-electron chi connectivity index (χ0n) is 25.6. The quantitative estimate of drug-likeness (QED) is 0.0530.